The summed E-state index contributed by atoms with van der Waals surface area (Å²) in [6.45, 7) is 8.46. The quantitative estimate of drug-likeness (QED) is 0.0575. The molecule has 1 saturated carbocycles. The standard InChI is InChI=1S/C69H66O7/c1-7-9-10-13-46-18-20-47(21-19-46)48-22-24-49(25-23-48)50-26-28-51(29-27-50)66(70)74-56-36-30-52(31-37-56)67(71)75-62-43-59-60(42-45(62)4)65-58(64-63(59)57-14-11-12-15-61(57)68(64,8-2)73-6)40-41-69(76-65,53-32-16-44(3)17-33-53)54-34-38-55(72-5)39-35-54/h11-12,14-17,22-43,46-47H,7-10,13,18-21H2,1-6H3. The van der Waals surface area contributed by atoms with E-state index in [1.54, 1.807) is 50.6 Å². The number of hydrogen-bond acceptors (Lipinski definition) is 7. The van der Waals surface area contributed by atoms with E-state index in [1.807, 2.05) is 37.3 Å². The molecule has 3 aliphatic rings. The molecule has 0 bridgehead atoms. The zero-order valence-corrected chi connectivity index (χ0v) is 44.5. The van der Waals surface area contributed by atoms with E-state index in [2.05, 4.69) is 124 Å². The number of hydrogen-bond donors (Lipinski definition) is 0. The average Bonchev–Trinajstić information content (AvgIpc) is 3.94. The molecule has 1 fully saturated rings. The summed E-state index contributed by atoms with van der Waals surface area (Å²) in [5, 5.41) is 1.76. The largest absolute Gasteiger partial charge is 0.497 e. The molecule has 0 N–H and O–H groups in total. The minimum absolute atomic E-state index is 0.311. The molecule has 1 aliphatic heterocycles. The van der Waals surface area contributed by atoms with Crippen molar-refractivity contribution in [2.45, 2.75) is 103 Å². The first-order chi connectivity index (χ1) is 37.1. The fourth-order valence-electron chi connectivity index (χ4n) is 12.3. The van der Waals surface area contributed by atoms with Crippen molar-refractivity contribution in [3.8, 4) is 45.3 Å². The number of carbonyl (C=O) groups is 2. The molecule has 2 atom stereocenters. The topological polar surface area (TPSA) is 80.3 Å². The predicted molar refractivity (Wildman–Crippen MR) is 304 cm³/mol. The van der Waals surface area contributed by atoms with Gasteiger partial charge in [-0.05, 0) is 169 Å². The van der Waals surface area contributed by atoms with E-state index in [0.29, 0.717) is 40.7 Å². The Morgan fingerprint density at radius 3 is 1.91 bits per heavy atom. The molecule has 8 aromatic rings. The number of ether oxygens (including phenoxy) is 5. The van der Waals surface area contributed by atoms with Crippen molar-refractivity contribution in [3.05, 3.63) is 219 Å². The summed E-state index contributed by atoms with van der Waals surface area (Å²) in [5.74, 6) is 2.71. The lowest BCUT2D eigenvalue weighted by atomic mass is 9.77. The Labute approximate surface area is 447 Å². The van der Waals surface area contributed by atoms with Gasteiger partial charge in [0, 0.05) is 34.7 Å². The summed E-state index contributed by atoms with van der Waals surface area (Å²) in [4.78, 5) is 27.5. The number of esters is 2. The van der Waals surface area contributed by atoms with Gasteiger partial charge in [-0.2, -0.15) is 0 Å². The third-order valence-corrected chi connectivity index (χ3v) is 16.6. The van der Waals surface area contributed by atoms with E-state index >= 15 is 0 Å². The number of rotatable bonds is 15. The average molecular weight is 1010 g/mol. The molecule has 76 heavy (non-hydrogen) atoms. The third-order valence-electron chi connectivity index (χ3n) is 16.6. The van der Waals surface area contributed by atoms with Gasteiger partial charge in [0.1, 0.15) is 28.6 Å². The summed E-state index contributed by atoms with van der Waals surface area (Å²) in [5.41, 5.74) is 11.5. The van der Waals surface area contributed by atoms with Crippen molar-refractivity contribution in [1.29, 1.82) is 0 Å². The second kappa shape index (κ2) is 21.1. The summed E-state index contributed by atoms with van der Waals surface area (Å²) in [7, 11) is 3.44. The Balaban J connectivity index is 0.844. The maximum Gasteiger partial charge on any atom is 0.343 e. The van der Waals surface area contributed by atoms with Crippen LogP contribution in [0.25, 0.3) is 39.1 Å². The van der Waals surface area contributed by atoms with Gasteiger partial charge in [0.15, 0.2) is 5.60 Å². The molecule has 0 aromatic heterocycles. The van der Waals surface area contributed by atoms with Crippen molar-refractivity contribution < 1.29 is 33.3 Å². The van der Waals surface area contributed by atoms with Crippen molar-refractivity contribution in [3.63, 3.8) is 0 Å². The first kappa shape index (κ1) is 50.4. The van der Waals surface area contributed by atoms with Crippen molar-refractivity contribution >= 4 is 28.8 Å². The molecule has 11 rings (SSSR count). The predicted octanol–water partition coefficient (Wildman–Crippen LogP) is 17.1. The number of fused-ring (bicyclic) bond motifs is 8. The van der Waals surface area contributed by atoms with Gasteiger partial charge in [-0.3, -0.25) is 0 Å². The van der Waals surface area contributed by atoms with Gasteiger partial charge in [-0.1, -0.05) is 148 Å². The molecule has 0 spiro atoms. The van der Waals surface area contributed by atoms with Crippen LogP contribution in [0, 0.1) is 19.8 Å². The van der Waals surface area contributed by atoms with Crippen molar-refractivity contribution in [1.82, 2.24) is 0 Å². The van der Waals surface area contributed by atoms with E-state index in [1.165, 1.54) is 56.9 Å². The second-order valence-electron chi connectivity index (χ2n) is 21.1. The van der Waals surface area contributed by atoms with Gasteiger partial charge in [0.25, 0.3) is 0 Å². The van der Waals surface area contributed by atoms with Crippen LogP contribution in [0.2, 0.25) is 0 Å². The highest BCUT2D eigenvalue weighted by Crippen LogP contribution is 2.60. The molecule has 2 aliphatic carbocycles. The monoisotopic (exact) mass is 1010 g/mol. The highest BCUT2D eigenvalue weighted by atomic mass is 16.5. The van der Waals surface area contributed by atoms with E-state index in [4.69, 9.17) is 23.7 Å². The molecule has 0 saturated heterocycles. The highest BCUT2D eigenvalue weighted by molar-refractivity contribution is 6.09. The molecule has 8 aromatic carbocycles. The molecule has 7 heteroatoms. The molecule has 0 amide bonds. The molecule has 1 heterocycles. The number of methoxy groups -OCH3 is 2. The maximum atomic E-state index is 14.1. The lowest BCUT2D eigenvalue weighted by Gasteiger charge is -2.39. The van der Waals surface area contributed by atoms with Gasteiger partial charge in [-0.25, -0.2) is 9.59 Å². The molecule has 7 nitrogen and oxygen atoms in total. The number of benzene rings is 8. The van der Waals surface area contributed by atoms with E-state index in [0.717, 1.165) is 83.6 Å². The third kappa shape index (κ3) is 9.19. The van der Waals surface area contributed by atoms with E-state index < -0.39 is 23.1 Å². The van der Waals surface area contributed by atoms with Gasteiger partial charge in [0.2, 0.25) is 0 Å². The van der Waals surface area contributed by atoms with Gasteiger partial charge >= 0.3 is 11.9 Å². The second-order valence-corrected chi connectivity index (χ2v) is 21.1. The van der Waals surface area contributed by atoms with Crippen LogP contribution < -0.4 is 18.9 Å². The van der Waals surface area contributed by atoms with E-state index in [9.17, 15) is 9.59 Å². The van der Waals surface area contributed by atoms with Crippen LogP contribution in [0.3, 0.4) is 0 Å². The minimum atomic E-state index is -0.995. The first-order valence-electron chi connectivity index (χ1n) is 27.2. The summed E-state index contributed by atoms with van der Waals surface area (Å²) >= 11 is 0. The van der Waals surface area contributed by atoms with Crippen LogP contribution in [0.5, 0.6) is 23.0 Å². The van der Waals surface area contributed by atoms with Crippen LogP contribution >= 0.6 is 0 Å². The molecule has 384 valence electrons. The SMILES string of the molecule is CCCCCC1CCC(c2ccc(-c3ccc(C(=O)Oc4ccc(C(=O)Oc5cc6c7c(c8c(c6cc5C)OC(c5ccc(C)cc5)(c5ccc(OC)cc5)C=C8)C(CC)(OC)c5ccccc5-7)cc4)cc3)cc2)CC1. The summed E-state index contributed by atoms with van der Waals surface area (Å²) in [6.07, 6.45) is 15.7. The van der Waals surface area contributed by atoms with Gasteiger partial charge in [0.05, 0.1) is 18.2 Å². The molecule has 2 unspecified atom stereocenters. The Hall–Kier alpha value is -7.74. The Kier molecular flexibility index (Phi) is 14.0. The normalized spacial score (nSPS) is 19.3. The van der Waals surface area contributed by atoms with Crippen molar-refractivity contribution in [2.75, 3.05) is 14.2 Å². The number of aryl methyl sites for hydroxylation is 2. The van der Waals surface area contributed by atoms with Crippen LogP contribution in [0.15, 0.2) is 164 Å². The summed E-state index contributed by atoms with van der Waals surface area (Å²) in [6, 6.07) is 51.9. The zero-order chi connectivity index (χ0) is 52.6. The Morgan fingerprint density at radius 1 is 0.645 bits per heavy atom. The number of carbonyl (C=O) groups excluding carboxylic acids is 2. The fraction of sp³-hybridized carbons (Fsp3) is 0.275. The van der Waals surface area contributed by atoms with Crippen molar-refractivity contribution in [2.24, 2.45) is 5.92 Å². The Morgan fingerprint density at radius 2 is 1.26 bits per heavy atom. The van der Waals surface area contributed by atoms with Crippen LogP contribution in [0.1, 0.15) is 143 Å². The van der Waals surface area contributed by atoms with E-state index in [-0.39, 0.29) is 0 Å². The zero-order valence-electron chi connectivity index (χ0n) is 44.5. The van der Waals surface area contributed by atoms with Crippen LogP contribution in [0.4, 0.5) is 0 Å². The maximum absolute atomic E-state index is 14.1. The lowest BCUT2D eigenvalue weighted by Crippen LogP contribution is -2.35. The van der Waals surface area contributed by atoms with Crippen LogP contribution in [-0.4, -0.2) is 26.2 Å². The molecular weight excluding hydrogens is 941 g/mol. The fourth-order valence-corrected chi connectivity index (χ4v) is 12.3. The van der Waals surface area contributed by atoms with Gasteiger partial charge < -0.3 is 23.7 Å². The minimum Gasteiger partial charge on any atom is -0.497 e. The van der Waals surface area contributed by atoms with Crippen LogP contribution in [-0.2, 0) is 15.9 Å². The first-order valence-corrected chi connectivity index (χ1v) is 27.2. The molecule has 0 radical (unpaired) electrons. The Bertz CT molecular complexity index is 3450. The highest BCUT2D eigenvalue weighted by Gasteiger charge is 2.48. The van der Waals surface area contributed by atoms with Gasteiger partial charge in [-0.15, -0.1) is 0 Å². The lowest BCUT2D eigenvalue weighted by molar-refractivity contribution is 0.0219. The smallest absolute Gasteiger partial charge is 0.343 e. The summed E-state index contributed by atoms with van der Waals surface area (Å²) < 4.78 is 31.9. The molecular formula is C69H66O7. The number of unbranched alkanes of at least 4 members (excludes halogenated alkanes) is 2.